The molecule has 0 aliphatic heterocycles. The fourth-order valence-corrected chi connectivity index (χ4v) is 3.94. The molecule has 0 saturated carbocycles. The van der Waals surface area contributed by atoms with E-state index in [0.717, 1.165) is 44.6 Å². The van der Waals surface area contributed by atoms with Crippen LogP contribution >= 0.6 is 0 Å². The predicted octanol–water partition coefficient (Wildman–Crippen LogP) is 5.57. The molecule has 166 valence electrons. The molecular formula is C27H27N5O. The number of pyridine rings is 1. The third-order valence-corrected chi connectivity index (χ3v) is 5.84. The Labute approximate surface area is 192 Å². The molecule has 3 heterocycles. The largest absolute Gasteiger partial charge is 0.348 e. The lowest BCUT2D eigenvalue weighted by Crippen LogP contribution is -2.24. The molecule has 0 fully saturated rings. The van der Waals surface area contributed by atoms with Gasteiger partial charge >= 0.3 is 0 Å². The molecule has 2 N–H and O–H groups in total. The maximum absolute atomic E-state index is 12.6. The number of nitrogens with one attached hydrogen (secondary N) is 2. The summed E-state index contributed by atoms with van der Waals surface area (Å²) in [6, 6.07) is 18.5. The van der Waals surface area contributed by atoms with E-state index in [9.17, 15) is 4.79 Å². The summed E-state index contributed by atoms with van der Waals surface area (Å²) in [6.45, 7) is 8.65. The molecule has 0 atom stereocenters. The van der Waals surface area contributed by atoms with Crippen LogP contribution < -0.4 is 5.32 Å². The average Bonchev–Trinajstić information content (AvgIpc) is 3.43. The zero-order valence-electron chi connectivity index (χ0n) is 19.3. The number of carbonyl (C=O) groups is 1. The Balaban J connectivity index is 1.34. The Bertz CT molecular complexity index is 1490. The zero-order valence-corrected chi connectivity index (χ0v) is 19.3. The van der Waals surface area contributed by atoms with Gasteiger partial charge in [0.1, 0.15) is 5.82 Å². The van der Waals surface area contributed by atoms with Crippen molar-refractivity contribution in [1.82, 2.24) is 24.8 Å². The maximum atomic E-state index is 12.6. The molecule has 3 aromatic heterocycles. The first-order valence-corrected chi connectivity index (χ1v) is 11.1. The highest BCUT2D eigenvalue weighted by atomic mass is 16.1. The first-order valence-electron chi connectivity index (χ1n) is 11.1. The van der Waals surface area contributed by atoms with Gasteiger partial charge in [-0.3, -0.25) is 9.78 Å². The third-order valence-electron chi connectivity index (χ3n) is 5.84. The van der Waals surface area contributed by atoms with E-state index < -0.39 is 0 Å². The van der Waals surface area contributed by atoms with Crippen molar-refractivity contribution in [3.63, 3.8) is 0 Å². The number of aryl methyl sites for hydroxylation is 1. The minimum atomic E-state index is -0.113. The van der Waals surface area contributed by atoms with Gasteiger partial charge < -0.3 is 14.9 Å². The summed E-state index contributed by atoms with van der Waals surface area (Å²) in [6.07, 6.45) is 3.81. The second-order valence-corrected chi connectivity index (χ2v) is 9.44. The van der Waals surface area contributed by atoms with Crippen molar-refractivity contribution < 1.29 is 4.79 Å². The van der Waals surface area contributed by atoms with Crippen molar-refractivity contribution in [3.05, 3.63) is 84.1 Å². The smallest absolute Gasteiger partial charge is 0.253 e. The molecule has 6 nitrogen and oxygen atoms in total. The standard InChI is InChI=1S/C27H27N5O/c1-17-5-6-18-7-8-19(13-23(18)29-17)20-9-10-22-24(14-20)31-25(30-22)15-28-26(33)21-11-12-32(16-21)27(2,3)4/h5-14,16H,15H2,1-4H3,(H,28,33)(H,30,31). The number of carbonyl (C=O) groups excluding carboxylic acids is 1. The normalized spacial score (nSPS) is 11.9. The summed E-state index contributed by atoms with van der Waals surface area (Å²) in [4.78, 5) is 25.2. The molecule has 0 aliphatic rings. The van der Waals surface area contributed by atoms with Crippen LogP contribution in [0.25, 0.3) is 33.1 Å². The molecular weight excluding hydrogens is 410 g/mol. The molecule has 0 aliphatic carbocycles. The van der Waals surface area contributed by atoms with E-state index in [1.807, 2.05) is 42.1 Å². The van der Waals surface area contributed by atoms with Crippen molar-refractivity contribution >= 4 is 27.8 Å². The predicted molar refractivity (Wildman–Crippen MR) is 132 cm³/mol. The quantitative estimate of drug-likeness (QED) is 0.386. The fraction of sp³-hybridized carbons (Fsp3) is 0.222. The summed E-state index contributed by atoms with van der Waals surface area (Å²) >= 11 is 0. The van der Waals surface area contributed by atoms with Gasteiger partial charge in [-0.2, -0.15) is 0 Å². The molecule has 6 heteroatoms. The minimum absolute atomic E-state index is 0.0606. The highest BCUT2D eigenvalue weighted by Crippen LogP contribution is 2.26. The van der Waals surface area contributed by atoms with Gasteiger partial charge in [0.25, 0.3) is 5.91 Å². The summed E-state index contributed by atoms with van der Waals surface area (Å²) in [5.41, 5.74) is 6.58. The molecule has 0 unspecified atom stereocenters. The monoisotopic (exact) mass is 437 g/mol. The van der Waals surface area contributed by atoms with Crippen LogP contribution in [0.5, 0.6) is 0 Å². The summed E-state index contributed by atoms with van der Waals surface area (Å²) < 4.78 is 2.04. The number of benzene rings is 2. The van der Waals surface area contributed by atoms with Gasteiger partial charge in [0, 0.05) is 29.0 Å². The van der Waals surface area contributed by atoms with Crippen LogP contribution in [0.15, 0.2) is 67.0 Å². The molecule has 5 aromatic rings. The highest BCUT2D eigenvalue weighted by molar-refractivity contribution is 5.94. The van der Waals surface area contributed by atoms with Gasteiger partial charge in [0.2, 0.25) is 0 Å². The van der Waals surface area contributed by atoms with Crippen molar-refractivity contribution in [2.24, 2.45) is 0 Å². The van der Waals surface area contributed by atoms with Gasteiger partial charge in [0.05, 0.1) is 28.7 Å². The number of imidazole rings is 1. The van der Waals surface area contributed by atoms with Crippen LogP contribution in [0.3, 0.4) is 0 Å². The van der Waals surface area contributed by atoms with Gasteiger partial charge in [-0.15, -0.1) is 0 Å². The number of aromatic nitrogens is 4. The van der Waals surface area contributed by atoms with E-state index in [2.05, 4.69) is 77.4 Å². The number of hydrogen-bond acceptors (Lipinski definition) is 3. The van der Waals surface area contributed by atoms with E-state index >= 15 is 0 Å². The van der Waals surface area contributed by atoms with Crippen LogP contribution in [0, 0.1) is 6.92 Å². The molecule has 2 aromatic carbocycles. The number of amides is 1. The Morgan fingerprint density at radius 1 is 0.970 bits per heavy atom. The number of rotatable bonds is 4. The SMILES string of the molecule is Cc1ccc2ccc(-c3ccc4nc(CNC(=O)c5ccn(C(C)(C)C)c5)[nH]c4c3)cc2n1. The van der Waals surface area contributed by atoms with E-state index in [-0.39, 0.29) is 11.4 Å². The molecule has 0 saturated heterocycles. The molecule has 0 spiro atoms. The number of H-pyrrole nitrogens is 1. The average molecular weight is 438 g/mol. The van der Waals surface area contributed by atoms with Crippen molar-refractivity contribution in [2.75, 3.05) is 0 Å². The lowest BCUT2D eigenvalue weighted by atomic mass is 10.0. The lowest BCUT2D eigenvalue weighted by molar-refractivity contribution is 0.0950. The molecule has 5 rings (SSSR count). The topological polar surface area (TPSA) is 75.6 Å². The first-order chi connectivity index (χ1) is 15.8. The Kier molecular flexibility index (Phi) is 5.01. The van der Waals surface area contributed by atoms with Gasteiger partial charge in [-0.25, -0.2) is 4.98 Å². The molecule has 33 heavy (non-hydrogen) atoms. The summed E-state index contributed by atoms with van der Waals surface area (Å²) in [5, 5.41) is 4.09. The van der Waals surface area contributed by atoms with E-state index in [4.69, 9.17) is 0 Å². The van der Waals surface area contributed by atoms with Crippen molar-refractivity contribution in [2.45, 2.75) is 39.8 Å². The molecule has 1 amide bonds. The number of fused-ring (bicyclic) bond motifs is 2. The van der Waals surface area contributed by atoms with Gasteiger partial charge in [0.15, 0.2) is 0 Å². The van der Waals surface area contributed by atoms with Crippen molar-refractivity contribution in [1.29, 1.82) is 0 Å². The van der Waals surface area contributed by atoms with E-state index in [1.165, 1.54) is 0 Å². The lowest BCUT2D eigenvalue weighted by Gasteiger charge is -2.20. The zero-order chi connectivity index (χ0) is 23.2. The van der Waals surface area contributed by atoms with Gasteiger partial charge in [-0.1, -0.05) is 24.3 Å². The number of hydrogen-bond donors (Lipinski definition) is 2. The van der Waals surface area contributed by atoms with Gasteiger partial charge in [-0.05, 0) is 69.2 Å². The van der Waals surface area contributed by atoms with E-state index in [0.29, 0.717) is 12.1 Å². The minimum Gasteiger partial charge on any atom is -0.348 e. The Morgan fingerprint density at radius 2 is 1.73 bits per heavy atom. The summed E-state index contributed by atoms with van der Waals surface area (Å²) in [7, 11) is 0. The van der Waals surface area contributed by atoms with Crippen LogP contribution in [0.4, 0.5) is 0 Å². The van der Waals surface area contributed by atoms with Crippen LogP contribution in [-0.2, 0) is 12.1 Å². The van der Waals surface area contributed by atoms with Crippen LogP contribution in [0.2, 0.25) is 0 Å². The number of nitrogens with zero attached hydrogens (tertiary/aromatic N) is 3. The first kappa shape index (κ1) is 20.9. The number of aromatic amines is 1. The second-order valence-electron chi connectivity index (χ2n) is 9.44. The fourth-order valence-electron chi connectivity index (χ4n) is 3.94. The highest BCUT2D eigenvalue weighted by Gasteiger charge is 2.15. The molecule has 0 bridgehead atoms. The van der Waals surface area contributed by atoms with Crippen LogP contribution in [-0.4, -0.2) is 25.4 Å². The Morgan fingerprint density at radius 3 is 2.52 bits per heavy atom. The third kappa shape index (κ3) is 4.24. The maximum Gasteiger partial charge on any atom is 0.253 e. The summed E-state index contributed by atoms with van der Waals surface area (Å²) in [5.74, 6) is 0.611. The Hall–Kier alpha value is -3.93. The van der Waals surface area contributed by atoms with Crippen molar-refractivity contribution in [3.8, 4) is 11.1 Å². The molecule has 0 radical (unpaired) electrons. The second kappa shape index (κ2) is 7.89. The van der Waals surface area contributed by atoms with Crippen LogP contribution in [0.1, 0.15) is 42.6 Å². The van der Waals surface area contributed by atoms with E-state index in [1.54, 1.807) is 0 Å².